The van der Waals surface area contributed by atoms with Gasteiger partial charge in [0.2, 0.25) is 5.91 Å². The quantitative estimate of drug-likeness (QED) is 0.727. The number of nitrogens with two attached hydrogens (primary N) is 1. The predicted octanol–water partition coefficient (Wildman–Crippen LogP) is -0.184. The van der Waals surface area contributed by atoms with Gasteiger partial charge in [-0.3, -0.25) is 4.79 Å². The summed E-state index contributed by atoms with van der Waals surface area (Å²) in [4.78, 5) is 25.1. The van der Waals surface area contributed by atoms with E-state index >= 15 is 0 Å². The van der Waals surface area contributed by atoms with E-state index in [1.807, 2.05) is 0 Å². The molecule has 6 heteroatoms. The second-order valence-corrected chi connectivity index (χ2v) is 5.24. The van der Waals surface area contributed by atoms with Crippen molar-refractivity contribution in [1.29, 1.82) is 0 Å². The van der Waals surface area contributed by atoms with Crippen LogP contribution in [0.1, 0.15) is 25.7 Å². The van der Waals surface area contributed by atoms with Crippen molar-refractivity contribution in [3.63, 3.8) is 0 Å². The van der Waals surface area contributed by atoms with Gasteiger partial charge < -0.3 is 20.5 Å². The first kappa shape index (κ1) is 13.3. The fourth-order valence-electron chi connectivity index (χ4n) is 2.84. The monoisotopic (exact) mass is 256 g/mol. The Morgan fingerprint density at radius 1 is 1.50 bits per heavy atom. The van der Waals surface area contributed by atoms with Gasteiger partial charge in [0.25, 0.3) is 0 Å². The van der Waals surface area contributed by atoms with Crippen LogP contribution in [0.4, 0.5) is 0 Å². The zero-order valence-corrected chi connectivity index (χ0v) is 10.6. The normalized spacial score (nSPS) is 30.0. The molecule has 2 aliphatic rings. The zero-order valence-electron chi connectivity index (χ0n) is 10.6. The number of hydrogen-bond donors (Lipinski definition) is 2. The van der Waals surface area contributed by atoms with Crippen LogP contribution in [0.15, 0.2) is 0 Å². The number of carboxylic acids is 1. The maximum Gasteiger partial charge on any atom is 0.326 e. The summed E-state index contributed by atoms with van der Waals surface area (Å²) in [6.07, 6.45) is 2.69. The smallest absolute Gasteiger partial charge is 0.326 e. The topological polar surface area (TPSA) is 92.9 Å². The van der Waals surface area contributed by atoms with Crippen molar-refractivity contribution < 1.29 is 19.4 Å². The SMILES string of the molecule is COC1CC(C(=O)O)N(C(=O)C2(CN)CCC2)C1. The molecule has 2 atom stereocenters. The summed E-state index contributed by atoms with van der Waals surface area (Å²) >= 11 is 0. The summed E-state index contributed by atoms with van der Waals surface area (Å²) < 4.78 is 5.18. The number of amides is 1. The lowest BCUT2D eigenvalue weighted by Crippen LogP contribution is -2.54. The number of rotatable bonds is 4. The molecular weight excluding hydrogens is 236 g/mol. The number of carboxylic acid groups (broad SMARTS) is 1. The molecule has 0 aromatic rings. The van der Waals surface area contributed by atoms with Gasteiger partial charge in [-0.1, -0.05) is 6.42 Å². The molecule has 6 nitrogen and oxygen atoms in total. The van der Waals surface area contributed by atoms with Gasteiger partial charge in [-0.25, -0.2) is 4.79 Å². The number of hydrogen-bond acceptors (Lipinski definition) is 4. The van der Waals surface area contributed by atoms with Crippen LogP contribution in [0.25, 0.3) is 0 Å². The summed E-state index contributed by atoms with van der Waals surface area (Å²) in [6.45, 7) is 0.653. The highest BCUT2D eigenvalue weighted by Gasteiger charge is 2.50. The molecule has 102 valence electrons. The third-order valence-electron chi connectivity index (χ3n) is 4.30. The number of methoxy groups -OCH3 is 1. The molecule has 1 amide bonds. The second kappa shape index (κ2) is 4.85. The highest BCUT2D eigenvalue weighted by molar-refractivity contribution is 5.89. The zero-order chi connectivity index (χ0) is 13.3. The van der Waals surface area contributed by atoms with E-state index in [1.54, 1.807) is 7.11 Å². The van der Waals surface area contributed by atoms with Crippen LogP contribution in [0.5, 0.6) is 0 Å². The molecule has 3 N–H and O–H groups in total. The first-order valence-corrected chi connectivity index (χ1v) is 6.31. The third kappa shape index (κ3) is 1.99. The predicted molar refractivity (Wildman–Crippen MR) is 63.9 cm³/mol. The summed E-state index contributed by atoms with van der Waals surface area (Å²) in [7, 11) is 1.54. The molecule has 1 aliphatic heterocycles. The van der Waals surface area contributed by atoms with Gasteiger partial charge in [-0.2, -0.15) is 0 Å². The molecule has 1 aliphatic carbocycles. The summed E-state index contributed by atoms with van der Waals surface area (Å²) in [6, 6.07) is -0.772. The molecule has 2 rings (SSSR count). The minimum Gasteiger partial charge on any atom is -0.480 e. The molecule has 0 radical (unpaired) electrons. The molecule has 0 aromatic heterocycles. The van der Waals surface area contributed by atoms with Crippen molar-refractivity contribution in [2.75, 3.05) is 20.2 Å². The maximum atomic E-state index is 12.5. The second-order valence-electron chi connectivity index (χ2n) is 5.24. The lowest BCUT2D eigenvalue weighted by Gasteiger charge is -2.42. The first-order chi connectivity index (χ1) is 8.54. The number of aliphatic carboxylic acids is 1. The van der Waals surface area contributed by atoms with Gasteiger partial charge in [-0.15, -0.1) is 0 Å². The Hall–Kier alpha value is -1.14. The van der Waals surface area contributed by atoms with Gasteiger partial charge >= 0.3 is 5.97 Å². The van der Waals surface area contributed by atoms with E-state index in [4.69, 9.17) is 10.5 Å². The minimum atomic E-state index is -0.964. The van der Waals surface area contributed by atoms with E-state index in [-0.39, 0.29) is 12.0 Å². The Balaban J connectivity index is 2.15. The largest absolute Gasteiger partial charge is 0.480 e. The average Bonchev–Trinajstić information content (AvgIpc) is 2.72. The first-order valence-electron chi connectivity index (χ1n) is 6.31. The Bertz CT molecular complexity index is 348. The Kier molecular flexibility index (Phi) is 3.59. The fraction of sp³-hybridized carbons (Fsp3) is 0.833. The Labute approximate surface area is 106 Å². The highest BCUT2D eigenvalue weighted by Crippen LogP contribution is 2.43. The molecule has 1 saturated carbocycles. The van der Waals surface area contributed by atoms with Crippen LogP contribution in [0.2, 0.25) is 0 Å². The van der Waals surface area contributed by atoms with Crippen LogP contribution in [-0.2, 0) is 14.3 Å². The van der Waals surface area contributed by atoms with Crippen molar-refractivity contribution in [3.8, 4) is 0 Å². The summed E-state index contributed by atoms with van der Waals surface area (Å²) in [5.41, 5.74) is 5.18. The molecule has 1 heterocycles. The van der Waals surface area contributed by atoms with Crippen LogP contribution in [0, 0.1) is 5.41 Å². The maximum absolute atomic E-state index is 12.5. The Morgan fingerprint density at radius 3 is 2.56 bits per heavy atom. The highest BCUT2D eigenvalue weighted by atomic mass is 16.5. The Morgan fingerprint density at radius 2 is 2.17 bits per heavy atom. The van der Waals surface area contributed by atoms with E-state index in [0.717, 1.165) is 19.3 Å². The van der Waals surface area contributed by atoms with E-state index in [0.29, 0.717) is 19.5 Å². The van der Waals surface area contributed by atoms with Crippen LogP contribution in [-0.4, -0.2) is 54.2 Å². The molecule has 2 unspecified atom stereocenters. The lowest BCUT2D eigenvalue weighted by atomic mass is 9.67. The number of likely N-dealkylation sites (tertiary alicyclic amines) is 1. The number of carbonyl (C=O) groups is 2. The molecule has 18 heavy (non-hydrogen) atoms. The van der Waals surface area contributed by atoms with Crippen LogP contribution < -0.4 is 5.73 Å². The molecule has 0 aromatic carbocycles. The summed E-state index contributed by atoms with van der Waals surface area (Å²) in [5.74, 6) is -1.07. The minimum absolute atomic E-state index is 0.108. The van der Waals surface area contributed by atoms with Crippen molar-refractivity contribution in [2.45, 2.75) is 37.8 Å². The lowest BCUT2D eigenvalue weighted by molar-refractivity contribution is -0.156. The number of ether oxygens (including phenoxy) is 1. The van der Waals surface area contributed by atoms with E-state index in [9.17, 15) is 14.7 Å². The van der Waals surface area contributed by atoms with Crippen LogP contribution in [0.3, 0.4) is 0 Å². The molecule has 2 fully saturated rings. The molecular formula is C12H20N2O4. The standard InChI is InChI=1S/C12H20N2O4/c1-18-8-5-9(10(15)16)14(6-8)11(17)12(7-13)3-2-4-12/h8-9H,2-7,13H2,1H3,(H,15,16). The van der Waals surface area contributed by atoms with Gasteiger partial charge in [0.1, 0.15) is 6.04 Å². The molecule has 0 spiro atoms. The van der Waals surface area contributed by atoms with Crippen molar-refractivity contribution in [3.05, 3.63) is 0 Å². The summed E-state index contributed by atoms with van der Waals surface area (Å²) in [5, 5.41) is 9.19. The fourth-order valence-corrected chi connectivity index (χ4v) is 2.84. The number of nitrogens with zero attached hydrogens (tertiary/aromatic N) is 1. The average molecular weight is 256 g/mol. The van der Waals surface area contributed by atoms with E-state index in [1.165, 1.54) is 4.90 Å². The van der Waals surface area contributed by atoms with E-state index in [2.05, 4.69) is 0 Å². The van der Waals surface area contributed by atoms with Crippen molar-refractivity contribution in [1.82, 2.24) is 4.90 Å². The van der Waals surface area contributed by atoms with Crippen molar-refractivity contribution in [2.24, 2.45) is 11.1 Å². The number of carbonyl (C=O) groups excluding carboxylic acids is 1. The van der Waals surface area contributed by atoms with Crippen LogP contribution >= 0.6 is 0 Å². The van der Waals surface area contributed by atoms with Gasteiger partial charge in [0, 0.05) is 26.6 Å². The molecule has 0 bridgehead atoms. The molecule has 1 saturated heterocycles. The van der Waals surface area contributed by atoms with Gasteiger partial charge in [0.05, 0.1) is 11.5 Å². The third-order valence-corrected chi connectivity index (χ3v) is 4.30. The van der Waals surface area contributed by atoms with Crippen molar-refractivity contribution >= 4 is 11.9 Å². The van der Waals surface area contributed by atoms with Gasteiger partial charge in [0.15, 0.2) is 0 Å². The van der Waals surface area contributed by atoms with Gasteiger partial charge in [-0.05, 0) is 12.8 Å². The van der Waals surface area contributed by atoms with E-state index < -0.39 is 17.4 Å².